The summed E-state index contributed by atoms with van der Waals surface area (Å²) in [5.41, 5.74) is 3.00. The number of aromatic nitrogens is 2. The quantitative estimate of drug-likeness (QED) is 0.477. The maximum absolute atomic E-state index is 13.0. The van der Waals surface area contributed by atoms with Crippen LogP contribution in [0.3, 0.4) is 0 Å². The van der Waals surface area contributed by atoms with Crippen LogP contribution in [0.15, 0.2) is 72.2 Å². The van der Waals surface area contributed by atoms with E-state index >= 15 is 0 Å². The lowest BCUT2D eigenvalue weighted by Crippen LogP contribution is -2.23. The van der Waals surface area contributed by atoms with Crippen LogP contribution in [0.2, 0.25) is 0 Å². The second-order valence-electron chi connectivity index (χ2n) is 6.52. The second kappa shape index (κ2) is 8.84. The van der Waals surface area contributed by atoms with Gasteiger partial charge in [-0.25, -0.2) is 4.68 Å². The molecule has 0 radical (unpaired) electrons. The molecule has 4 rings (SSSR count). The number of rotatable bonds is 7. The Morgan fingerprint density at radius 3 is 2.53 bits per heavy atom. The topological polar surface area (TPSA) is 65.4 Å². The van der Waals surface area contributed by atoms with Crippen LogP contribution in [0.25, 0.3) is 16.3 Å². The zero-order chi connectivity index (χ0) is 20.9. The summed E-state index contributed by atoms with van der Waals surface area (Å²) in [4.78, 5) is 14.0. The van der Waals surface area contributed by atoms with Gasteiger partial charge in [0, 0.05) is 12.7 Å². The van der Waals surface area contributed by atoms with Crippen LogP contribution in [-0.4, -0.2) is 29.9 Å². The maximum Gasteiger partial charge on any atom is 0.255 e. The molecular formula is C23H21N3O3S. The van der Waals surface area contributed by atoms with Crippen molar-refractivity contribution in [3.05, 3.63) is 83.4 Å². The Hall–Kier alpha value is -3.58. The Kier molecular flexibility index (Phi) is 5.81. The molecule has 0 atom stereocenters. The largest absolute Gasteiger partial charge is 0.493 e. The average molecular weight is 420 g/mol. The molecule has 0 spiro atoms. The van der Waals surface area contributed by atoms with Gasteiger partial charge in [0.1, 0.15) is 5.69 Å². The van der Waals surface area contributed by atoms with Crippen LogP contribution in [-0.2, 0) is 6.54 Å². The number of carbonyl (C=O) groups is 1. The molecule has 0 aliphatic rings. The Morgan fingerprint density at radius 1 is 1.03 bits per heavy atom. The maximum atomic E-state index is 13.0. The molecule has 0 fully saturated rings. The first-order valence-electron chi connectivity index (χ1n) is 9.37. The molecule has 1 N–H and O–H groups in total. The molecule has 30 heavy (non-hydrogen) atoms. The van der Waals surface area contributed by atoms with Crippen molar-refractivity contribution in [3.63, 3.8) is 0 Å². The number of hydrogen-bond acceptors (Lipinski definition) is 5. The van der Waals surface area contributed by atoms with E-state index in [-0.39, 0.29) is 5.91 Å². The summed E-state index contributed by atoms with van der Waals surface area (Å²) < 4.78 is 12.3. The minimum Gasteiger partial charge on any atom is -0.493 e. The van der Waals surface area contributed by atoms with Gasteiger partial charge in [0.15, 0.2) is 11.5 Å². The predicted molar refractivity (Wildman–Crippen MR) is 118 cm³/mol. The van der Waals surface area contributed by atoms with Gasteiger partial charge in [-0.15, -0.1) is 11.3 Å². The number of benzene rings is 2. The Labute approximate surface area is 178 Å². The highest BCUT2D eigenvalue weighted by molar-refractivity contribution is 7.13. The van der Waals surface area contributed by atoms with Gasteiger partial charge >= 0.3 is 0 Å². The molecule has 152 valence electrons. The van der Waals surface area contributed by atoms with Gasteiger partial charge in [-0.05, 0) is 41.3 Å². The van der Waals surface area contributed by atoms with E-state index in [0.29, 0.717) is 29.3 Å². The molecule has 0 saturated heterocycles. The second-order valence-corrected chi connectivity index (χ2v) is 7.47. The van der Waals surface area contributed by atoms with E-state index in [2.05, 4.69) is 10.4 Å². The highest BCUT2D eigenvalue weighted by Gasteiger charge is 2.19. The first-order chi connectivity index (χ1) is 14.7. The van der Waals surface area contributed by atoms with E-state index in [4.69, 9.17) is 9.47 Å². The minimum absolute atomic E-state index is 0.185. The highest BCUT2D eigenvalue weighted by atomic mass is 32.1. The van der Waals surface area contributed by atoms with Gasteiger partial charge in [-0.3, -0.25) is 4.79 Å². The zero-order valence-electron chi connectivity index (χ0n) is 16.7. The van der Waals surface area contributed by atoms with Crippen molar-refractivity contribution in [2.45, 2.75) is 6.54 Å². The number of methoxy groups -OCH3 is 2. The molecule has 2 heterocycles. The molecule has 4 aromatic rings. The van der Waals surface area contributed by atoms with E-state index in [1.807, 2.05) is 66.0 Å². The van der Waals surface area contributed by atoms with Crippen LogP contribution in [0.5, 0.6) is 11.5 Å². The predicted octanol–water partition coefficient (Wildman–Crippen LogP) is 4.55. The first-order valence-corrected chi connectivity index (χ1v) is 10.3. The Morgan fingerprint density at radius 2 is 1.83 bits per heavy atom. The van der Waals surface area contributed by atoms with E-state index in [1.165, 1.54) is 0 Å². The van der Waals surface area contributed by atoms with Gasteiger partial charge in [0.2, 0.25) is 0 Å². The molecular weight excluding hydrogens is 398 g/mol. The van der Waals surface area contributed by atoms with Crippen molar-refractivity contribution >= 4 is 17.2 Å². The number of nitrogens with zero attached hydrogens (tertiary/aromatic N) is 2. The van der Waals surface area contributed by atoms with Crippen molar-refractivity contribution in [3.8, 4) is 27.8 Å². The van der Waals surface area contributed by atoms with Gasteiger partial charge < -0.3 is 14.8 Å². The highest BCUT2D eigenvalue weighted by Crippen LogP contribution is 2.29. The lowest BCUT2D eigenvalue weighted by molar-refractivity contribution is 0.0951. The lowest BCUT2D eigenvalue weighted by atomic mass is 10.1. The van der Waals surface area contributed by atoms with Crippen molar-refractivity contribution in [2.24, 2.45) is 0 Å². The summed E-state index contributed by atoms with van der Waals surface area (Å²) >= 11 is 1.55. The third-order valence-corrected chi connectivity index (χ3v) is 5.51. The lowest BCUT2D eigenvalue weighted by Gasteiger charge is -2.10. The number of carbonyl (C=O) groups excluding carboxylic acids is 1. The Balaban J connectivity index is 1.60. The van der Waals surface area contributed by atoms with Crippen LogP contribution >= 0.6 is 11.3 Å². The van der Waals surface area contributed by atoms with Crippen molar-refractivity contribution in [1.82, 2.24) is 15.1 Å². The summed E-state index contributed by atoms with van der Waals surface area (Å²) in [6.07, 6.45) is 1.77. The van der Waals surface area contributed by atoms with Crippen LogP contribution < -0.4 is 14.8 Å². The number of thiophene rings is 1. The number of amides is 1. The molecule has 6 nitrogen and oxygen atoms in total. The minimum atomic E-state index is -0.185. The first kappa shape index (κ1) is 19.7. The molecule has 0 aliphatic carbocycles. The fourth-order valence-electron chi connectivity index (χ4n) is 3.12. The summed E-state index contributed by atoms with van der Waals surface area (Å²) in [6.45, 7) is 0.361. The van der Waals surface area contributed by atoms with Gasteiger partial charge in [0.25, 0.3) is 5.91 Å². The molecule has 2 aromatic heterocycles. The average Bonchev–Trinajstić information content (AvgIpc) is 3.47. The van der Waals surface area contributed by atoms with Crippen LogP contribution in [0.4, 0.5) is 0 Å². The fraction of sp³-hybridized carbons (Fsp3) is 0.130. The van der Waals surface area contributed by atoms with Gasteiger partial charge in [-0.1, -0.05) is 30.3 Å². The van der Waals surface area contributed by atoms with Crippen molar-refractivity contribution < 1.29 is 14.3 Å². The molecule has 7 heteroatoms. The molecule has 0 bridgehead atoms. The smallest absolute Gasteiger partial charge is 0.255 e. The number of ether oxygens (including phenoxy) is 2. The summed E-state index contributed by atoms with van der Waals surface area (Å²) in [5.74, 6) is 1.09. The van der Waals surface area contributed by atoms with Gasteiger partial charge in [-0.2, -0.15) is 5.10 Å². The fourth-order valence-corrected chi connectivity index (χ4v) is 3.84. The summed E-state index contributed by atoms with van der Waals surface area (Å²) in [6, 6.07) is 19.2. The molecule has 1 amide bonds. The third-order valence-electron chi connectivity index (χ3n) is 4.64. The molecule has 0 aliphatic heterocycles. The number of hydrogen-bond donors (Lipinski definition) is 1. The van der Waals surface area contributed by atoms with E-state index in [1.54, 1.807) is 36.4 Å². The monoisotopic (exact) mass is 419 g/mol. The summed E-state index contributed by atoms with van der Waals surface area (Å²) in [7, 11) is 3.18. The third kappa shape index (κ3) is 4.06. The van der Waals surface area contributed by atoms with E-state index in [0.717, 1.165) is 16.1 Å². The number of para-hydroxylation sites is 1. The summed E-state index contributed by atoms with van der Waals surface area (Å²) in [5, 5.41) is 9.64. The molecule has 2 aromatic carbocycles. The SMILES string of the molecule is COc1ccc(CNC(=O)c2cn(-c3ccccc3)nc2-c2cccs2)cc1OC. The van der Waals surface area contributed by atoms with Crippen LogP contribution in [0.1, 0.15) is 15.9 Å². The van der Waals surface area contributed by atoms with Gasteiger partial charge in [0.05, 0.1) is 30.3 Å². The standard InChI is InChI=1S/C23H21N3O3S/c1-28-19-11-10-16(13-20(19)29-2)14-24-23(27)18-15-26(17-7-4-3-5-8-17)25-22(18)21-9-6-12-30-21/h3-13,15H,14H2,1-2H3,(H,24,27). The Bertz CT molecular complexity index is 1140. The van der Waals surface area contributed by atoms with Crippen molar-refractivity contribution in [1.29, 1.82) is 0 Å². The van der Waals surface area contributed by atoms with E-state index in [9.17, 15) is 4.79 Å². The zero-order valence-corrected chi connectivity index (χ0v) is 17.5. The van der Waals surface area contributed by atoms with Crippen molar-refractivity contribution in [2.75, 3.05) is 14.2 Å². The molecule has 0 unspecified atom stereocenters. The van der Waals surface area contributed by atoms with Crippen LogP contribution in [0, 0.1) is 0 Å². The number of nitrogens with one attached hydrogen (secondary N) is 1. The molecule has 0 saturated carbocycles. The normalized spacial score (nSPS) is 10.6. The van der Waals surface area contributed by atoms with E-state index < -0.39 is 0 Å².